The van der Waals surface area contributed by atoms with Gasteiger partial charge in [-0.2, -0.15) is 0 Å². The molecule has 1 aliphatic heterocycles. The lowest BCUT2D eigenvalue weighted by Gasteiger charge is -2.18. The summed E-state index contributed by atoms with van der Waals surface area (Å²) in [5.74, 6) is 1.18. The summed E-state index contributed by atoms with van der Waals surface area (Å²) in [4.78, 5) is 12.7. The average molecular weight is 438 g/mol. The van der Waals surface area contributed by atoms with E-state index in [2.05, 4.69) is 10.0 Å². The summed E-state index contributed by atoms with van der Waals surface area (Å²) in [6.07, 6.45) is 5.95. The van der Waals surface area contributed by atoms with Crippen molar-refractivity contribution < 1.29 is 23.1 Å². The van der Waals surface area contributed by atoms with Gasteiger partial charge < -0.3 is 15.2 Å². The summed E-state index contributed by atoms with van der Waals surface area (Å²) < 4.78 is 33.6. The fourth-order valence-electron chi connectivity index (χ4n) is 3.25. The van der Waals surface area contributed by atoms with Crippen molar-refractivity contribution in [3.63, 3.8) is 0 Å². The van der Waals surface area contributed by atoms with Gasteiger partial charge in [0.25, 0.3) is 0 Å². The molecule has 9 heteroatoms. The lowest BCUT2D eigenvalue weighted by atomic mass is 10.1. The van der Waals surface area contributed by atoms with E-state index < -0.39 is 16.4 Å². The van der Waals surface area contributed by atoms with Crippen LogP contribution in [0, 0.1) is 5.92 Å². The van der Waals surface area contributed by atoms with Gasteiger partial charge in [-0.1, -0.05) is 31.2 Å². The largest absolute Gasteiger partial charge is 0.493 e. The zero-order chi connectivity index (χ0) is 21.6. The molecule has 30 heavy (non-hydrogen) atoms. The zero-order valence-electron chi connectivity index (χ0n) is 17.3. The van der Waals surface area contributed by atoms with E-state index in [1.165, 1.54) is 12.8 Å². The van der Waals surface area contributed by atoms with Crippen molar-refractivity contribution in [3.05, 3.63) is 42.0 Å². The van der Waals surface area contributed by atoms with E-state index in [1.807, 2.05) is 31.2 Å². The Kier molecular flexibility index (Phi) is 7.87. The summed E-state index contributed by atoms with van der Waals surface area (Å²) in [6.45, 7) is 3.17. The number of carbonyl (C=O) groups is 1. The number of nitrogens with one attached hydrogen (secondary N) is 2. The van der Waals surface area contributed by atoms with Crippen molar-refractivity contribution in [2.75, 3.05) is 25.4 Å². The summed E-state index contributed by atoms with van der Waals surface area (Å²) in [5.41, 5.74) is 0.894. The first-order valence-electron chi connectivity index (χ1n) is 10.5. The highest BCUT2D eigenvalue weighted by atomic mass is 32.2. The predicted octanol–water partition coefficient (Wildman–Crippen LogP) is 1.50. The third-order valence-electron chi connectivity index (χ3n) is 5.22. The third kappa shape index (κ3) is 7.09. The molecule has 1 saturated heterocycles. The van der Waals surface area contributed by atoms with E-state index in [9.17, 15) is 18.3 Å². The number of nitrogens with zero attached hydrogens (tertiary/aromatic N) is 1. The fourth-order valence-corrected chi connectivity index (χ4v) is 4.55. The van der Waals surface area contributed by atoms with Crippen molar-refractivity contribution >= 4 is 15.9 Å². The van der Waals surface area contributed by atoms with Gasteiger partial charge in [-0.15, -0.1) is 0 Å². The normalized spacial score (nSPS) is 21.1. The van der Waals surface area contributed by atoms with Gasteiger partial charge in [0.1, 0.15) is 5.75 Å². The molecule has 0 aromatic heterocycles. The Balaban J connectivity index is 1.47. The fraction of sp³-hybridized carbons (Fsp3) is 0.571. The van der Waals surface area contributed by atoms with Crippen molar-refractivity contribution in [1.82, 2.24) is 14.9 Å². The third-order valence-corrected chi connectivity index (χ3v) is 6.63. The number of hydrogen-bond donors (Lipinski definition) is 3. The Morgan fingerprint density at radius 1 is 1.37 bits per heavy atom. The van der Waals surface area contributed by atoms with E-state index in [0.29, 0.717) is 25.3 Å². The van der Waals surface area contributed by atoms with Crippen LogP contribution in [0.4, 0.5) is 0 Å². The molecule has 2 aliphatic rings. The molecular weight excluding hydrogens is 406 g/mol. The van der Waals surface area contributed by atoms with Crippen LogP contribution in [0.25, 0.3) is 0 Å². The smallest absolute Gasteiger partial charge is 0.237 e. The van der Waals surface area contributed by atoms with Crippen molar-refractivity contribution in [3.8, 4) is 5.75 Å². The van der Waals surface area contributed by atoms with Crippen LogP contribution >= 0.6 is 0 Å². The second-order valence-electron chi connectivity index (χ2n) is 7.86. The molecule has 1 unspecified atom stereocenters. The highest BCUT2D eigenvalue weighted by molar-refractivity contribution is 7.89. The molecule has 3 N–H and O–H groups in total. The minimum absolute atomic E-state index is 0.0302. The molecule has 1 aromatic carbocycles. The van der Waals surface area contributed by atoms with E-state index in [4.69, 9.17) is 4.74 Å². The second kappa shape index (κ2) is 10.4. The van der Waals surface area contributed by atoms with Crippen LogP contribution in [0.1, 0.15) is 44.2 Å². The molecule has 1 amide bonds. The number of hydrogen-bond acceptors (Lipinski definition) is 6. The Morgan fingerprint density at radius 2 is 2.17 bits per heavy atom. The molecule has 2 atom stereocenters. The van der Waals surface area contributed by atoms with E-state index in [-0.39, 0.29) is 24.2 Å². The standard InChI is InChI=1S/C21H31N3O5S/c1-2-19(17-7-6-8-18(13-17)29-15-16-9-10-16)23-30(27,28)12-5-3-4-11-24-14-20(25)22-21(24)26/h3-4,6-8,13,16,19,21,23,26H,2,5,9-12,14-15H2,1H3,(H,22,25)/b4-3+/t19-,21?/m1/s1. The number of ether oxygens (including phenoxy) is 1. The number of aliphatic hydroxyl groups is 1. The number of allylic oxidation sites excluding steroid dienone is 1. The molecule has 0 radical (unpaired) electrons. The monoisotopic (exact) mass is 437 g/mol. The Morgan fingerprint density at radius 3 is 2.83 bits per heavy atom. The minimum atomic E-state index is -3.46. The predicted molar refractivity (Wildman–Crippen MR) is 114 cm³/mol. The van der Waals surface area contributed by atoms with Crippen LogP contribution in [0.5, 0.6) is 5.75 Å². The molecule has 8 nitrogen and oxygen atoms in total. The van der Waals surface area contributed by atoms with Gasteiger partial charge in [0.2, 0.25) is 15.9 Å². The maximum Gasteiger partial charge on any atom is 0.237 e. The Hall–Kier alpha value is -1.94. The molecule has 3 rings (SSSR count). The van der Waals surface area contributed by atoms with Crippen molar-refractivity contribution in [2.24, 2.45) is 5.92 Å². The number of sulfonamides is 1. The first kappa shape index (κ1) is 22.7. The van der Waals surface area contributed by atoms with Crippen LogP contribution in [-0.4, -0.2) is 56.1 Å². The van der Waals surface area contributed by atoms with E-state index >= 15 is 0 Å². The molecule has 1 aromatic rings. The molecule has 1 heterocycles. The summed E-state index contributed by atoms with van der Waals surface area (Å²) in [7, 11) is -3.46. The lowest BCUT2D eigenvalue weighted by Crippen LogP contribution is -2.35. The van der Waals surface area contributed by atoms with E-state index in [1.54, 1.807) is 17.1 Å². The van der Waals surface area contributed by atoms with Crippen molar-refractivity contribution in [2.45, 2.75) is 45.0 Å². The Bertz CT molecular complexity index is 854. The first-order chi connectivity index (χ1) is 14.4. The van der Waals surface area contributed by atoms with E-state index in [0.717, 1.165) is 17.9 Å². The van der Waals surface area contributed by atoms with Crippen LogP contribution in [0.3, 0.4) is 0 Å². The van der Waals surface area contributed by atoms with Crippen LogP contribution in [0.15, 0.2) is 36.4 Å². The minimum Gasteiger partial charge on any atom is -0.493 e. The van der Waals surface area contributed by atoms with Crippen LogP contribution in [0.2, 0.25) is 0 Å². The zero-order valence-corrected chi connectivity index (χ0v) is 18.1. The van der Waals surface area contributed by atoms with Gasteiger partial charge in [0.15, 0.2) is 6.35 Å². The molecule has 2 fully saturated rings. The lowest BCUT2D eigenvalue weighted by molar-refractivity contribution is -0.119. The molecule has 0 bridgehead atoms. The first-order valence-corrected chi connectivity index (χ1v) is 12.1. The summed E-state index contributed by atoms with van der Waals surface area (Å²) in [6, 6.07) is 7.31. The second-order valence-corrected chi connectivity index (χ2v) is 9.73. The average Bonchev–Trinajstić information content (AvgIpc) is 3.48. The van der Waals surface area contributed by atoms with Crippen LogP contribution in [-0.2, 0) is 14.8 Å². The Labute approximate surface area is 178 Å². The number of rotatable bonds is 12. The quantitative estimate of drug-likeness (QED) is 0.428. The number of carbonyl (C=O) groups excluding carboxylic acids is 1. The number of benzene rings is 1. The van der Waals surface area contributed by atoms with Gasteiger partial charge in [-0.3, -0.25) is 4.79 Å². The topological polar surface area (TPSA) is 108 Å². The van der Waals surface area contributed by atoms with Gasteiger partial charge in [-0.25, -0.2) is 18.0 Å². The van der Waals surface area contributed by atoms with Gasteiger partial charge >= 0.3 is 0 Å². The van der Waals surface area contributed by atoms with Gasteiger partial charge in [0.05, 0.1) is 18.9 Å². The SMILES string of the molecule is CC[C@@H](NS(=O)(=O)CC/C=C/CN1CC(=O)NC1O)c1cccc(OCC2CC2)c1. The molecule has 166 valence electrons. The molecule has 0 spiro atoms. The molecular formula is C21H31N3O5S. The van der Waals surface area contributed by atoms with Crippen molar-refractivity contribution in [1.29, 1.82) is 0 Å². The maximum atomic E-state index is 12.5. The maximum absolute atomic E-state index is 12.5. The van der Waals surface area contributed by atoms with Gasteiger partial charge in [0, 0.05) is 12.6 Å². The number of amides is 1. The summed E-state index contributed by atoms with van der Waals surface area (Å²) >= 11 is 0. The number of aliphatic hydroxyl groups excluding tert-OH is 1. The van der Waals surface area contributed by atoms with Gasteiger partial charge in [-0.05, 0) is 49.3 Å². The molecule has 1 aliphatic carbocycles. The highest BCUT2D eigenvalue weighted by Gasteiger charge is 2.26. The molecule has 1 saturated carbocycles. The summed E-state index contributed by atoms with van der Waals surface area (Å²) in [5, 5.41) is 12.0. The van der Waals surface area contributed by atoms with Crippen LogP contribution < -0.4 is 14.8 Å². The highest BCUT2D eigenvalue weighted by Crippen LogP contribution is 2.30.